The highest BCUT2D eigenvalue weighted by Gasteiger charge is 2.42. The van der Waals surface area contributed by atoms with E-state index in [0.717, 1.165) is 18.6 Å². The number of hydrogen-bond acceptors (Lipinski definition) is 2. The minimum absolute atomic E-state index is 0.0594. The van der Waals surface area contributed by atoms with E-state index < -0.39 is 0 Å². The summed E-state index contributed by atoms with van der Waals surface area (Å²) < 4.78 is 7.67. The van der Waals surface area contributed by atoms with E-state index in [4.69, 9.17) is 10.3 Å². The third-order valence-corrected chi connectivity index (χ3v) is 5.39. The number of hydrogen-bond donors (Lipinski definition) is 0. The number of fused-ring (bicyclic) bond motifs is 3. The number of rotatable bonds is 6. The number of ether oxygens (including phenoxy) is 1. The van der Waals surface area contributed by atoms with Gasteiger partial charge in [0.2, 0.25) is 0 Å². The van der Waals surface area contributed by atoms with Crippen LogP contribution < -0.4 is 4.74 Å². The Kier molecular flexibility index (Phi) is 4.29. The maximum Gasteiger partial charge on any atom is 0.119 e. The molecule has 24 heavy (non-hydrogen) atoms. The van der Waals surface area contributed by atoms with Crippen LogP contribution in [-0.4, -0.2) is 17.7 Å². The smallest absolute Gasteiger partial charge is 0.119 e. The molecule has 0 fully saturated rings. The first-order chi connectivity index (χ1) is 11.6. The van der Waals surface area contributed by atoms with Crippen molar-refractivity contribution in [2.24, 2.45) is 5.11 Å². The van der Waals surface area contributed by atoms with E-state index in [1.54, 1.807) is 7.11 Å². The van der Waals surface area contributed by atoms with Gasteiger partial charge >= 0.3 is 0 Å². The molecule has 1 aromatic carbocycles. The van der Waals surface area contributed by atoms with E-state index in [9.17, 15) is 0 Å². The first-order valence-electron chi connectivity index (χ1n) is 8.54. The molecule has 2 aromatic rings. The third kappa shape index (κ3) is 2.28. The Morgan fingerprint density at radius 2 is 2.00 bits per heavy atom. The van der Waals surface area contributed by atoms with Crippen LogP contribution >= 0.6 is 0 Å². The lowest BCUT2D eigenvalue weighted by atomic mass is 9.74. The number of aromatic nitrogens is 1. The van der Waals surface area contributed by atoms with E-state index in [2.05, 4.69) is 58.9 Å². The lowest BCUT2D eigenvalue weighted by molar-refractivity contribution is 0.414. The van der Waals surface area contributed by atoms with Crippen LogP contribution in [0.3, 0.4) is 0 Å². The Morgan fingerprint density at radius 1 is 1.25 bits per heavy atom. The molecule has 0 radical (unpaired) electrons. The molecule has 0 saturated heterocycles. The molecule has 5 nitrogen and oxygen atoms in total. The first kappa shape index (κ1) is 16.5. The molecule has 3 rings (SSSR count). The average Bonchev–Trinajstić information content (AvgIpc) is 3.12. The maximum absolute atomic E-state index is 8.68. The van der Waals surface area contributed by atoms with Gasteiger partial charge in [-0.1, -0.05) is 32.0 Å². The molecule has 1 aliphatic carbocycles. The van der Waals surface area contributed by atoms with Crippen molar-refractivity contribution >= 4 is 0 Å². The Morgan fingerprint density at radius 3 is 2.62 bits per heavy atom. The molecule has 0 aliphatic heterocycles. The predicted molar refractivity (Wildman–Crippen MR) is 96.4 cm³/mol. The van der Waals surface area contributed by atoms with Gasteiger partial charge in [0, 0.05) is 28.6 Å². The number of azide groups is 1. The van der Waals surface area contributed by atoms with Gasteiger partial charge in [0.05, 0.1) is 18.8 Å². The molecule has 1 aliphatic rings. The zero-order chi connectivity index (χ0) is 17.3. The standard InChI is InChI=1S/C19H24N4O/c1-5-19(6-2)16-8-7-14(24-4)11-15(16)18-17(19)9-10-23(18)12-13(3)21-22-20/h7-11,13H,5-6,12H2,1-4H3/t13-/m0/s1. The van der Waals surface area contributed by atoms with Crippen LogP contribution in [0.1, 0.15) is 44.7 Å². The minimum Gasteiger partial charge on any atom is -0.497 e. The molecule has 126 valence electrons. The van der Waals surface area contributed by atoms with Crippen LogP contribution in [0.15, 0.2) is 35.6 Å². The first-order valence-corrected chi connectivity index (χ1v) is 8.54. The predicted octanol–water partition coefficient (Wildman–Crippen LogP) is 5.28. The van der Waals surface area contributed by atoms with E-state index in [1.807, 2.05) is 6.92 Å². The number of methoxy groups -OCH3 is 1. The second-order valence-corrected chi connectivity index (χ2v) is 6.49. The molecule has 0 spiro atoms. The highest BCUT2D eigenvalue weighted by atomic mass is 16.5. The van der Waals surface area contributed by atoms with E-state index in [0.29, 0.717) is 6.54 Å². The zero-order valence-electron chi connectivity index (χ0n) is 14.8. The summed E-state index contributed by atoms with van der Waals surface area (Å²) in [7, 11) is 1.70. The van der Waals surface area contributed by atoms with Gasteiger partial charge in [0.1, 0.15) is 5.75 Å². The molecule has 5 heteroatoms. The van der Waals surface area contributed by atoms with Crippen LogP contribution in [0.2, 0.25) is 0 Å². The normalized spacial score (nSPS) is 15.3. The van der Waals surface area contributed by atoms with Crippen molar-refractivity contribution in [2.75, 3.05) is 7.11 Å². The van der Waals surface area contributed by atoms with Gasteiger partial charge in [0.25, 0.3) is 0 Å². The van der Waals surface area contributed by atoms with E-state index in [-0.39, 0.29) is 11.5 Å². The van der Waals surface area contributed by atoms with Gasteiger partial charge < -0.3 is 9.30 Å². The number of benzene rings is 1. The summed E-state index contributed by atoms with van der Waals surface area (Å²) in [6, 6.07) is 8.55. The fraction of sp³-hybridized carbons (Fsp3) is 0.474. The summed E-state index contributed by atoms with van der Waals surface area (Å²) in [5, 5.41) is 3.83. The quantitative estimate of drug-likeness (QED) is 0.405. The summed E-state index contributed by atoms with van der Waals surface area (Å²) in [6.07, 6.45) is 4.24. The lowest BCUT2D eigenvalue weighted by Crippen LogP contribution is -2.22. The molecule has 0 amide bonds. The van der Waals surface area contributed by atoms with Crippen molar-refractivity contribution < 1.29 is 4.74 Å². The summed E-state index contributed by atoms with van der Waals surface area (Å²) >= 11 is 0. The Bertz CT molecular complexity index is 798. The van der Waals surface area contributed by atoms with Gasteiger partial charge in [-0.15, -0.1) is 0 Å². The minimum atomic E-state index is -0.0844. The zero-order valence-corrected chi connectivity index (χ0v) is 14.8. The van der Waals surface area contributed by atoms with Crippen molar-refractivity contribution in [1.29, 1.82) is 0 Å². The van der Waals surface area contributed by atoms with Gasteiger partial charge in [-0.3, -0.25) is 0 Å². The lowest BCUT2D eigenvalue weighted by Gasteiger charge is -2.28. The second-order valence-electron chi connectivity index (χ2n) is 6.49. The van der Waals surface area contributed by atoms with Crippen LogP contribution in [-0.2, 0) is 12.0 Å². The van der Waals surface area contributed by atoms with Gasteiger partial charge in [-0.2, -0.15) is 0 Å². The Balaban J connectivity index is 2.19. The van der Waals surface area contributed by atoms with E-state index in [1.165, 1.54) is 22.4 Å². The Labute approximate surface area is 142 Å². The summed E-state index contributed by atoms with van der Waals surface area (Å²) in [4.78, 5) is 2.93. The SMILES string of the molecule is CCC1(CC)c2ccc(OC)cc2-c2c1ccn2C[C@H](C)N=[N+]=[N-]. The van der Waals surface area contributed by atoms with Gasteiger partial charge in [0.15, 0.2) is 0 Å². The largest absolute Gasteiger partial charge is 0.497 e. The molecule has 0 unspecified atom stereocenters. The van der Waals surface area contributed by atoms with Crippen molar-refractivity contribution in [2.45, 2.75) is 51.6 Å². The van der Waals surface area contributed by atoms with Crippen molar-refractivity contribution in [1.82, 2.24) is 4.57 Å². The molecule has 0 N–H and O–H groups in total. The van der Waals surface area contributed by atoms with Crippen LogP contribution in [0.5, 0.6) is 5.75 Å². The molecule has 1 heterocycles. The van der Waals surface area contributed by atoms with Crippen LogP contribution in [0, 0.1) is 0 Å². The average molecular weight is 324 g/mol. The maximum atomic E-state index is 8.68. The van der Waals surface area contributed by atoms with E-state index >= 15 is 0 Å². The molecular formula is C19H24N4O. The number of nitrogens with zero attached hydrogens (tertiary/aromatic N) is 4. The second kappa shape index (κ2) is 6.25. The fourth-order valence-electron chi connectivity index (χ4n) is 4.14. The monoisotopic (exact) mass is 324 g/mol. The topological polar surface area (TPSA) is 62.9 Å². The van der Waals surface area contributed by atoms with Crippen molar-refractivity contribution in [3.63, 3.8) is 0 Å². The van der Waals surface area contributed by atoms with Crippen LogP contribution in [0.4, 0.5) is 0 Å². The molecule has 0 bridgehead atoms. The van der Waals surface area contributed by atoms with Crippen molar-refractivity contribution in [3.8, 4) is 17.0 Å². The Hall–Kier alpha value is -2.39. The fourth-order valence-corrected chi connectivity index (χ4v) is 4.14. The van der Waals surface area contributed by atoms with Gasteiger partial charge in [-0.25, -0.2) is 0 Å². The third-order valence-electron chi connectivity index (χ3n) is 5.39. The van der Waals surface area contributed by atoms with Crippen molar-refractivity contribution in [3.05, 3.63) is 52.0 Å². The van der Waals surface area contributed by atoms with Crippen LogP contribution in [0.25, 0.3) is 21.7 Å². The molecule has 0 saturated carbocycles. The highest BCUT2D eigenvalue weighted by molar-refractivity contribution is 5.80. The summed E-state index contributed by atoms with van der Waals surface area (Å²) in [5.41, 5.74) is 14.0. The molecule has 1 atom stereocenters. The summed E-state index contributed by atoms with van der Waals surface area (Å²) in [6.45, 7) is 7.14. The highest BCUT2D eigenvalue weighted by Crippen LogP contribution is 2.53. The molecular weight excluding hydrogens is 300 g/mol. The summed E-state index contributed by atoms with van der Waals surface area (Å²) in [5.74, 6) is 0.874. The molecule has 1 aromatic heterocycles. The van der Waals surface area contributed by atoms with Gasteiger partial charge in [-0.05, 0) is 47.7 Å².